The fraction of sp³-hybridized carbons (Fsp3) is 0.545. The van der Waals surface area contributed by atoms with Gasteiger partial charge in [0.15, 0.2) is 0 Å². The second-order valence-electron chi connectivity index (χ2n) is 3.88. The summed E-state index contributed by atoms with van der Waals surface area (Å²) >= 11 is 0. The predicted octanol–water partition coefficient (Wildman–Crippen LogP) is 2.09. The highest BCUT2D eigenvalue weighted by Gasteiger charge is 2.13. The first-order chi connectivity index (χ1) is 7.38. The van der Waals surface area contributed by atoms with Crippen molar-refractivity contribution >= 4 is 5.82 Å². The average molecular weight is 202 g/mol. The Balaban J connectivity index is 2.00. The molecule has 1 aliphatic rings. The van der Waals surface area contributed by atoms with Crippen LogP contribution in [-0.4, -0.2) is 16.0 Å². The zero-order chi connectivity index (χ0) is 10.5. The molecule has 4 nitrogen and oxygen atoms in total. The van der Waals surface area contributed by atoms with Crippen LogP contribution in [0.4, 0.5) is 5.82 Å². The maximum atomic E-state index is 8.70. The third-order valence-electron chi connectivity index (χ3n) is 2.74. The number of anilines is 1. The highest BCUT2D eigenvalue weighted by atomic mass is 15.0. The number of nitrogens with zero attached hydrogens (tertiary/aromatic N) is 3. The van der Waals surface area contributed by atoms with Gasteiger partial charge in [-0.1, -0.05) is 19.3 Å². The predicted molar refractivity (Wildman–Crippen MR) is 57.2 cm³/mol. The molecule has 0 aromatic carbocycles. The molecule has 1 aromatic rings. The summed E-state index contributed by atoms with van der Waals surface area (Å²) in [6, 6.07) is 4.23. The summed E-state index contributed by atoms with van der Waals surface area (Å²) < 4.78 is 0. The lowest BCUT2D eigenvalue weighted by atomic mass is 9.95. The molecule has 78 valence electrons. The van der Waals surface area contributed by atoms with E-state index in [-0.39, 0.29) is 0 Å². The van der Waals surface area contributed by atoms with Crippen LogP contribution in [0.25, 0.3) is 0 Å². The lowest BCUT2D eigenvalue weighted by molar-refractivity contribution is 0.462. The molecular weight excluding hydrogens is 188 g/mol. The first-order valence-corrected chi connectivity index (χ1v) is 5.37. The monoisotopic (exact) mass is 202 g/mol. The zero-order valence-corrected chi connectivity index (χ0v) is 8.61. The van der Waals surface area contributed by atoms with E-state index in [0.717, 1.165) is 5.82 Å². The molecule has 1 saturated carbocycles. The van der Waals surface area contributed by atoms with E-state index in [1.165, 1.54) is 38.4 Å². The van der Waals surface area contributed by atoms with Gasteiger partial charge in [-0.3, -0.25) is 0 Å². The molecule has 0 bridgehead atoms. The number of aromatic nitrogens is 2. The van der Waals surface area contributed by atoms with Gasteiger partial charge in [0.2, 0.25) is 0 Å². The Bertz CT molecular complexity index is 363. The second-order valence-corrected chi connectivity index (χ2v) is 3.88. The molecule has 1 fully saturated rings. The van der Waals surface area contributed by atoms with Crippen molar-refractivity contribution in [2.45, 2.75) is 38.1 Å². The normalized spacial score (nSPS) is 17.0. The molecule has 0 unspecified atom stereocenters. The van der Waals surface area contributed by atoms with E-state index >= 15 is 0 Å². The van der Waals surface area contributed by atoms with Gasteiger partial charge in [0, 0.05) is 12.1 Å². The van der Waals surface area contributed by atoms with Gasteiger partial charge in [-0.2, -0.15) is 5.26 Å². The first-order valence-electron chi connectivity index (χ1n) is 5.37. The number of rotatable bonds is 2. The largest absolute Gasteiger partial charge is 0.367 e. The van der Waals surface area contributed by atoms with Crippen molar-refractivity contribution in [2.75, 3.05) is 5.32 Å². The van der Waals surface area contributed by atoms with Gasteiger partial charge >= 0.3 is 0 Å². The molecular formula is C11H14N4. The highest BCUT2D eigenvalue weighted by molar-refractivity contribution is 5.39. The van der Waals surface area contributed by atoms with Crippen molar-refractivity contribution in [3.05, 3.63) is 18.1 Å². The highest BCUT2D eigenvalue weighted by Crippen LogP contribution is 2.20. The lowest BCUT2D eigenvalue weighted by Crippen LogP contribution is -2.22. The summed E-state index contributed by atoms with van der Waals surface area (Å²) in [5, 5.41) is 12.1. The fourth-order valence-electron chi connectivity index (χ4n) is 1.95. The van der Waals surface area contributed by atoms with E-state index in [1.807, 2.05) is 6.07 Å². The van der Waals surface area contributed by atoms with Crippen LogP contribution in [0.2, 0.25) is 0 Å². The maximum Gasteiger partial charge on any atom is 0.145 e. The Labute approximate surface area is 89.4 Å². The van der Waals surface area contributed by atoms with E-state index < -0.39 is 0 Å². The molecule has 0 spiro atoms. The van der Waals surface area contributed by atoms with Crippen molar-refractivity contribution in [3.63, 3.8) is 0 Å². The van der Waals surface area contributed by atoms with E-state index in [4.69, 9.17) is 5.26 Å². The van der Waals surface area contributed by atoms with Crippen molar-refractivity contribution in [1.29, 1.82) is 5.26 Å². The molecule has 1 heterocycles. The second kappa shape index (κ2) is 4.74. The Kier molecular flexibility index (Phi) is 3.13. The summed E-state index contributed by atoms with van der Waals surface area (Å²) in [7, 11) is 0. The topological polar surface area (TPSA) is 61.6 Å². The molecule has 1 aromatic heterocycles. The van der Waals surface area contributed by atoms with E-state index in [9.17, 15) is 0 Å². The Morgan fingerprint density at radius 2 is 2.07 bits per heavy atom. The minimum Gasteiger partial charge on any atom is -0.367 e. The smallest absolute Gasteiger partial charge is 0.145 e. The van der Waals surface area contributed by atoms with Crippen LogP contribution in [0.1, 0.15) is 37.8 Å². The van der Waals surface area contributed by atoms with Crippen molar-refractivity contribution in [1.82, 2.24) is 9.97 Å². The molecule has 0 aliphatic heterocycles. The van der Waals surface area contributed by atoms with Gasteiger partial charge in [0.1, 0.15) is 23.9 Å². The summed E-state index contributed by atoms with van der Waals surface area (Å²) in [5.41, 5.74) is 0.420. The fourth-order valence-corrected chi connectivity index (χ4v) is 1.95. The minimum absolute atomic E-state index is 0.420. The summed E-state index contributed by atoms with van der Waals surface area (Å²) in [5.74, 6) is 0.772. The van der Waals surface area contributed by atoms with Gasteiger partial charge in [-0.05, 0) is 12.8 Å². The Morgan fingerprint density at radius 3 is 2.80 bits per heavy atom. The van der Waals surface area contributed by atoms with Crippen LogP contribution in [-0.2, 0) is 0 Å². The van der Waals surface area contributed by atoms with E-state index in [1.54, 1.807) is 6.07 Å². The Hall–Kier alpha value is -1.63. The van der Waals surface area contributed by atoms with Gasteiger partial charge in [-0.15, -0.1) is 0 Å². The summed E-state index contributed by atoms with van der Waals surface area (Å²) in [6.45, 7) is 0. The van der Waals surface area contributed by atoms with Gasteiger partial charge < -0.3 is 5.32 Å². The SMILES string of the molecule is N#Cc1cc(NC2CCCCC2)ncn1. The van der Waals surface area contributed by atoms with Gasteiger partial charge in [0.05, 0.1) is 0 Å². The summed E-state index contributed by atoms with van der Waals surface area (Å²) in [6.07, 6.45) is 7.74. The molecule has 4 heteroatoms. The summed E-state index contributed by atoms with van der Waals surface area (Å²) in [4.78, 5) is 7.95. The van der Waals surface area contributed by atoms with Gasteiger partial charge in [-0.25, -0.2) is 9.97 Å². The van der Waals surface area contributed by atoms with Gasteiger partial charge in [0.25, 0.3) is 0 Å². The standard InChI is InChI=1S/C11H14N4/c12-7-10-6-11(14-8-13-10)15-9-4-2-1-3-5-9/h6,8-9H,1-5H2,(H,13,14,15). The Morgan fingerprint density at radius 1 is 1.27 bits per heavy atom. The minimum atomic E-state index is 0.420. The quantitative estimate of drug-likeness (QED) is 0.797. The first kappa shape index (κ1) is 9.91. The molecule has 0 atom stereocenters. The van der Waals surface area contributed by atoms with Crippen LogP contribution in [0, 0.1) is 11.3 Å². The van der Waals surface area contributed by atoms with Crippen molar-refractivity contribution in [3.8, 4) is 6.07 Å². The van der Waals surface area contributed by atoms with Crippen molar-refractivity contribution < 1.29 is 0 Å². The molecule has 1 N–H and O–H groups in total. The zero-order valence-electron chi connectivity index (χ0n) is 8.61. The molecule has 0 amide bonds. The average Bonchev–Trinajstić information content (AvgIpc) is 2.31. The molecule has 1 aliphatic carbocycles. The number of nitriles is 1. The van der Waals surface area contributed by atoms with Crippen LogP contribution in [0.3, 0.4) is 0 Å². The van der Waals surface area contributed by atoms with Crippen LogP contribution < -0.4 is 5.32 Å². The lowest BCUT2D eigenvalue weighted by Gasteiger charge is -2.23. The molecule has 0 saturated heterocycles. The third-order valence-corrected chi connectivity index (χ3v) is 2.74. The van der Waals surface area contributed by atoms with E-state index in [0.29, 0.717) is 11.7 Å². The van der Waals surface area contributed by atoms with E-state index in [2.05, 4.69) is 15.3 Å². The van der Waals surface area contributed by atoms with Crippen LogP contribution >= 0.6 is 0 Å². The molecule has 2 rings (SSSR count). The maximum absolute atomic E-state index is 8.70. The van der Waals surface area contributed by atoms with Crippen molar-refractivity contribution in [2.24, 2.45) is 0 Å². The number of nitrogens with one attached hydrogen (secondary N) is 1. The number of hydrogen-bond acceptors (Lipinski definition) is 4. The molecule has 0 radical (unpaired) electrons. The van der Waals surface area contributed by atoms with Crippen LogP contribution in [0.5, 0.6) is 0 Å². The number of hydrogen-bond donors (Lipinski definition) is 1. The third kappa shape index (κ3) is 2.66. The van der Waals surface area contributed by atoms with Crippen LogP contribution in [0.15, 0.2) is 12.4 Å². The molecule has 15 heavy (non-hydrogen) atoms.